The molecule has 0 aliphatic rings. The summed E-state index contributed by atoms with van der Waals surface area (Å²) in [5.74, 6) is -1.85. The standard InChI is InChI=1S/C13H16F2N2O4/c1-7(17-12(20)10(16)6-11(18)19)8-3-2-4-9(5-8)21-13(14)15/h2-5,7,10,13H,6,16H2,1H3,(H,17,20)(H,18,19). The number of aliphatic carboxylic acids is 1. The van der Waals surface area contributed by atoms with Gasteiger partial charge in [0.2, 0.25) is 5.91 Å². The number of carbonyl (C=O) groups is 2. The number of halogens is 2. The minimum absolute atomic E-state index is 0.0292. The molecule has 1 aromatic carbocycles. The van der Waals surface area contributed by atoms with Crippen molar-refractivity contribution in [1.29, 1.82) is 0 Å². The van der Waals surface area contributed by atoms with Gasteiger partial charge < -0.3 is 20.9 Å². The summed E-state index contributed by atoms with van der Waals surface area (Å²) in [5, 5.41) is 11.1. The number of carboxylic acid groups (broad SMARTS) is 1. The molecule has 4 N–H and O–H groups in total. The molecule has 0 aromatic heterocycles. The summed E-state index contributed by atoms with van der Waals surface area (Å²) >= 11 is 0. The molecule has 6 nitrogen and oxygen atoms in total. The number of ether oxygens (including phenoxy) is 1. The van der Waals surface area contributed by atoms with E-state index in [1.807, 2.05) is 0 Å². The molecule has 0 saturated heterocycles. The van der Waals surface area contributed by atoms with E-state index in [-0.39, 0.29) is 5.75 Å². The minimum atomic E-state index is -2.94. The fraction of sp³-hybridized carbons (Fsp3) is 0.385. The number of carbonyl (C=O) groups excluding carboxylic acids is 1. The molecule has 116 valence electrons. The number of amides is 1. The molecule has 0 aliphatic carbocycles. The van der Waals surface area contributed by atoms with Crippen molar-refractivity contribution >= 4 is 11.9 Å². The van der Waals surface area contributed by atoms with E-state index in [0.29, 0.717) is 5.56 Å². The molecule has 0 saturated carbocycles. The molecule has 0 radical (unpaired) electrons. The summed E-state index contributed by atoms with van der Waals surface area (Å²) in [6, 6.07) is 4.14. The van der Waals surface area contributed by atoms with Crippen LogP contribution in [0.25, 0.3) is 0 Å². The number of benzene rings is 1. The first-order chi connectivity index (χ1) is 9.79. The molecule has 0 heterocycles. The Morgan fingerprint density at radius 3 is 2.67 bits per heavy atom. The van der Waals surface area contributed by atoms with Crippen molar-refractivity contribution in [3.8, 4) is 5.75 Å². The lowest BCUT2D eigenvalue weighted by atomic mass is 10.1. The molecule has 1 amide bonds. The van der Waals surface area contributed by atoms with Crippen molar-refractivity contribution < 1.29 is 28.2 Å². The molecule has 21 heavy (non-hydrogen) atoms. The van der Waals surface area contributed by atoms with Crippen molar-refractivity contribution in [3.63, 3.8) is 0 Å². The van der Waals surface area contributed by atoms with Gasteiger partial charge in [-0.1, -0.05) is 12.1 Å². The van der Waals surface area contributed by atoms with Crippen LogP contribution in [-0.2, 0) is 9.59 Å². The Kier molecular flexibility index (Phi) is 6.04. The van der Waals surface area contributed by atoms with Crippen molar-refractivity contribution in [2.24, 2.45) is 5.73 Å². The third-order valence-electron chi connectivity index (χ3n) is 2.67. The predicted molar refractivity (Wildman–Crippen MR) is 69.9 cm³/mol. The predicted octanol–water partition coefficient (Wildman–Crippen LogP) is 1.27. The van der Waals surface area contributed by atoms with Crippen LogP contribution in [0, 0.1) is 0 Å². The van der Waals surface area contributed by atoms with Gasteiger partial charge in [-0.15, -0.1) is 0 Å². The molecule has 0 bridgehead atoms. The van der Waals surface area contributed by atoms with Gasteiger partial charge in [-0.3, -0.25) is 9.59 Å². The zero-order valence-corrected chi connectivity index (χ0v) is 11.3. The fourth-order valence-corrected chi connectivity index (χ4v) is 1.64. The van der Waals surface area contributed by atoms with Gasteiger partial charge in [0, 0.05) is 0 Å². The topological polar surface area (TPSA) is 102 Å². The molecule has 1 rings (SSSR count). The van der Waals surface area contributed by atoms with Crippen molar-refractivity contribution in [2.75, 3.05) is 0 Å². The van der Waals surface area contributed by atoms with E-state index in [2.05, 4.69) is 10.1 Å². The average molecular weight is 302 g/mol. The van der Waals surface area contributed by atoms with Gasteiger partial charge in [-0.25, -0.2) is 0 Å². The summed E-state index contributed by atoms with van der Waals surface area (Å²) in [6.45, 7) is -1.32. The first-order valence-electron chi connectivity index (χ1n) is 6.12. The van der Waals surface area contributed by atoms with Gasteiger partial charge in [-0.05, 0) is 24.6 Å². The van der Waals surface area contributed by atoms with Crippen molar-refractivity contribution in [1.82, 2.24) is 5.32 Å². The van der Waals surface area contributed by atoms with Gasteiger partial charge in [-0.2, -0.15) is 8.78 Å². The molecule has 2 atom stereocenters. The lowest BCUT2D eigenvalue weighted by molar-refractivity contribution is -0.139. The second-order valence-electron chi connectivity index (χ2n) is 4.39. The number of nitrogens with one attached hydrogen (secondary N) is 1. The highest BCUT2D eigenvalue weighted by Gasteiger charge is 2.19. The Bertz CT molecular complexity index is 511. The first-order valence-corrected chi connectivity index (χ1v) is 6.12. The lowest BCUT2D eigenvalue weighted by Crippen LogP contribution is -2.42. The number of carboxylic acids is 1. The molecule has 1 aromatic rings. The van der Waals surface area contributed by atoms with Crippen LogP contribution in [0.15, 0.2) is 24.3 Å². The summed E-state index contributed by atoms with van der Waals surface area (Å²) in [4.78, 5) is 22.1. The van der Waals surface area contributed by atoms with Gasteiger partial charge in [0.15, 0.2) is 0 Å². The van der Waals surface area contributed by atoms with E-state index in [1.165, 1.54) is 18.2 Å². The lowest BCUT2D eigenvalue weighted by Gasteiger charge is -2.17. The zero-order valence-electron chi connectivity index (χ0n) is 11.3. The molecular formula is C13H16F2N2O4. The SMILES string of the molecule is CC(NC(=O)C(N)CC(=O)O)c1cccc(OC(F)F)c1. The number of alkyl halides is 2. The Hall–Kier alpha value is -2.22. The largest absolute Gasteiger partial charge is 0.481 e. The highest BCUT2D eigenvalue weighted by atomic mass is 19.3. The van der Waals surface area contributed by atoms with Crippen LogP contribution in [0.4, 0.5) is 8.78 Å². The number of nitrogens with two attached hydrogens (primary N) is 1. The molecule has 8 heteroatoms. The van der Waals surface area contributed by atoms with E-state index >= 15 is 0 Å². The minimum Gasteiger partial charge on any atom is -0.481 e. The van der Waals surface area contributed by atoms with E-state index in [4.69, 9.17) is 10.8 Å². The summed E-state index contributed by atoms with van der Waals surface area (Å²) < 4.78 is 28.5. The highest BCUT2D eigenvalue weighted by Crippen LogP contribution is 2.20. The number of rotatable bonds is 7. The van der Waals surface area contributed by atoms with E-state index in [9.17, 15) is 18.4 Å². The maximum absolute atomic E-state index is 12.1. The highest BCUT2D eigenvalue weighted by molar-refractivity contribution is 5.86. The van der Waals surface area contributed by atoms with Crippen LogP contribution in [-0.4, -0.2) is 29.6 Å². The Morgan fingerprint density at radius 1 is 1.43 bits per heavy atom. The van der Waals surface area contributed by atoms with Gasteiger partial charge in [0.1, 0.15) is 5.75 Å². The molecular weight excluding hydrogens is 286 g/mol. The molecule has 0 aliphatic heterocycles. The molecule has 0 spiro atoms. The van der Waals surface area contributed by atoms with E-state index in [1.54, 1.807) is 13.0 Å². The van der Waals surface area contributed by atoms with Crippen molar-refractivity contribution in [3.05, 3.63) is 29.8 Å². The fourth-order valence-electron chi connectivity index (χ4n) is 1.64. The number of hydrogen-bond donors (Lipinski definition) is 3. The zero-order chi connectivity index (χ0) is 16.0. The summed E-state index contributed by atoms with van der Waals surface area (Å²) in [6.07, 6.45) is -0.493. The van der Waals surface area contributed by atoms with Gasteiger partial charge in [0.05, 0.1) is 18.5 Å². The van der Waals surface area contributed by atoms with E-state index < -0.39 is 37.0 Å². The molecule has 0 fully saturated rings. The smallest absolute Gasteiger partial charge is 0.387 e. The molecule has 2 unspecified atom stereocenters. The maximum Gasteiger partial charge on any atom is 0.387 e. The third kappa shape index (κ3) is 5.74. The average Bonchev–Trinajstić information content (AvgIpc) is 2.37. The second-order valence-corrected chi connectivity index (χ2v) is 4.39. The van der Waals surface area contributed by atoms with Crippen LogP contribution in [0.3, 0.4) is 0 Å². The van der Waals surface area contributed by atoms with Crippen LogP contribution < -0.4 is 15.8 Å². The van der Waals surface area contributed by atoms with E-state index in [0.717, 1.165) is 0 Å². The monoisotopic (exact) mass is 302 g/mol. The summed E-state index contributed by atoms with van der Waals surface area (Å²) in [5.41, 5.74) is 5.96. The summed E-state index contributed by atoms with van der Waals surface area (Å²) in [7, 11) is 0. The maximum atomic E-state index is 12.1. The Labute approximate surface area is 119 Å². The van der Waals surface area contributed by atoms with Crippen molar-refractivity contribution in [2.45, 2.75) is 32.0 Å². The van der Waals surface area contributed by atoms with Crippen LogP contribution in [0.2, 0.25) is 0 Å². The Morgan fingerprint density at radius 2 is 2.10 bits per heavy atom. The van der Waals surface area contributed by atoms with Crippen LogP contribution >= 0.6 is 0 Å². The third-order valence-corrected chi connectivity index (χ3v) is 2.67. The normalized spacial score (nSPS) is 13.6. The number of hydrogen-bond acceptors (Lipinski definition) is 4. The van der Waals surface area contributed by atoms with Crippen LogP contribution in [0.1, 0.15) is 24.9 Å². The van der Waals surface area contributed by atoms with Crippen LogP contribution in [0.5, 0.6) is 5.75 Å². The first kappa shape index (κ1) is 16.8. The van der Waals surface area contributed by atoms with Gasteiger partial charge >= 0.3 is 12.6 Å². The second kappa shape index (κ2) is 7.53. The van der Waals surface area contributed by atoms with Gasteiger partial charge in [0.25, 0.3) is 0 Å². The quantitative estimate of drug-likeness (QED) is 0.704. The Balaban J connectivity index is 2.68.